The molecule has 0 unspecified atom stereocenters. The fourth-order valence-electron chi connectivity index (χ4n) is 2.76. The van der Waals surface area contributed by atoms with Crippen molar-refractivity contribution in [2.45, 2.75) is 52.2 Å². The highest BCUT2D eigenvalue weighted by Crippen LogP contribution is 2.22. The maximum absolute atomic E-state index is 13.1. The van der Waals surface area contributed by atoms with E-state index in [4.69, 9.17) is 23.2 Å². The first-order valence-corrected chi connectivity index (χ1v) is 10.1. The van der Waals surface area contributed by atoms with E-state index in [9.17, 15) is 9.59 Å². The lowest BCUT2D eigenvalue weighted by Crippen LogP contribution is -2.49. The lowest BCUT2D eigenvalue weighted by atomic mass is 10.1. The molecule has 0 bridgehead atoms. The summed E-state index contributed by atoms with van der Waals surface area (Å²) in [5, 5.41) is 3.92. The van der Waals surface area contributed by atoms with Gasteiger partial charge in [-0.15, -0.1) is 0 Å². The van der Waals surface area contributed by atoms with Crippen LogP contribution in [0.25, 0.3) is 0 Å². The molecule has 0 fully saturated rings. The van der Waals surface area contributed by atoms with Gasteiger partial charge in [-0.25, -0.2) is 0 Å². The number of carbonyl (C=O) groups excluding carboxylic acids is 2. The molecule has 2 aromatic rings. The Balaban J connectivity index is 2.23. The molecule has 0 saturated carbocycles. The minimum absolute atomic E-state index is 0.0503. The fraction of sp³-hybridized carbons (Fsp3) is 0.364. The van der Waals surface area contributed by atoms with Crippen molar-refractivity contribution in [2.24, 2.45) is 0 Å². The van der Waals surface area contributed by atoms with Gasteiger partial charge in [0.2, 0.25) is 11.8 Å². The SMILES string of the molecule is CC[C@@H](C)NC(=O)[C@@H](C)N(Cc1ccccc1)C(=O)Cc1ccc(Cl)cc1Cl. The first-order chi connectivity index (χ1) is 13.3. The molecule has 2 amide bonds. The molecule has 0 aromatic heterocycles. The second-order valence-corrected chi connectivity index (χ2v) is 7.76. The van der Waals surface area contributed by atoms with Crippen molar-refractivity contribution in [3.05, 3.63) is 69.7 Å². The van der Waals surface area contributed by atoms with Gasteiger partial charge in [0, 0.05) is 22.6 Å². The second-order valence-electron chi connectivity index (χ2n) is 6.91. The minimum Gasteiger partial charge on any atom is -0.352 e. The molecule has 0 aliphatic rings. The number of carbonyl (C=O) groups is 2. The molecule has 150 valence electrons. The van der Waals surface area contributed by atoms with Gasteiger partial charge in [0.05, 0.1) is 6.42 Å². The summed E-state index contributed by atoms with van der Waals surface area (Å²) in [4.78, 5) is 27.4. The first kappa shape index (κ1) is 22.3. The van der Waals surface area contributed by atoms with Crippen LogP contribution in [0.2, 0.25) is 10.0 Å². The Labute approximate surface area is 176 Å². The van der Waals surface area contributed by atoms with E-state index in [0.717, 1.165) is 12.0 Å². The van der Waals surface area contributed by atoms with Crippen molar-refractivity contribution in [1.29, 1.82) is 0 Å². The van der Waals surface area contributed by atoms with Crippen LogP contribution in [-0.2, 0) is 22.6 Å². The molecule has 2 rings (SSSR count). The predicted octanol–water partition coefficient (Wildman–Crippen LogP) is 4.87. The molecule has 0 aliphatic heterocycles. The summed E-state index contributed by atoms with van der Waals surface area (Å²) < 4.78 is 0. The van der Waals surface area contributed by atoms with Crippen LogP contribution in [0.3, 0.4) is 0 Å². The van der Waals surface area contributed by atoms with Gasteiger partial charge < -0.3 is 10.2 Å². The third-order valence-electron chi connectivity index (χ3n) is 4.72. The predicted molar refractivity (Wildman–Crippen MR) is 115 cm³/mol. The Kier molecular flexibility index (Phi) is 8.34. The maximum Gasteiger partial charge on any atom is 0.242 e. The summed E-state index contributed by atoms with van der Waals surface area (Å²) in [6, 6.07) is 14.1. The molecule has 4 nitrogen and oxygen atoms in total. The zero-order chi connectivity index (χ0) is 20.7. The van der Waals surface area contributed by atoms with E-state index in [1.807, 2.05) is 44.2 Å². The smallest absolute Gasteiger partial charge is 0.242 e. The van der Waals surface area contributed by atoms with Crippen LogP contribution in [0.4, 0.5) is 0 Å². The van der Waals surface area contributed by atoms with Gasteiger partial charge in [0.25, 0.3) is 0 Å². The molecular formula is C22H26Cl2N2O2. The number of nitrogens with one attached hydrogen (secondary N) is 1. The largest absolute Gasteiger partial charge is 0.352 e. The fourth-order valence-corrected chi connectivity index (χ4v) is 3.23. The average Bonchev–Trinajstić information content (AvgIpc) is 2.68. The molecule has 0 saturated heterocycles. The Bertz CT molecular complexity index is 811. The number of rotatable bonds is 8. The molecule has 2 atom stereocenters. The number of halogens is 2. The summed E-state index contributed by atoms with van der Waals surface area (Å²) >= 11 is 12.2. The van der Waals surface area contributed by atoms with E-state index in [1.54, 1.807) is 30.0 Å². The monoisotopic (exact) mass is 420 g/mol. The highest BCUT2D eigenvalue weighted by atomic mass is 35.5. The van der Waals surface area contributed by atoms with E-state index < -0.39 is 6.04 Å². The van der Waals surface area contributed by atoms with E-state index in [1.165, 1.54) is 0 Å². The van der Waals surface area contributed by atoms with Gasteiger partial charge in [-0.3, -0.25) is 9.59 Å². The molecule has 0 radical (unpaired) electrons. The van der Waals surface area contributed by atoms with E-state index >= 15 is 0 Å². The Morgan fingerprint density at radius 1 is 1.07 bits per heavy atom. The number of nitrogens with zero attached hydrogens (tertiary/aromatic N) is 1. The Morgan fingerprint density at radius 3 is 2.36 bits per heavy atom. The quantitative estimate of drug-likeness (QED) is 0.661. The molecule has 0 aliphatic carbocycles. The summed E-state index contributed by atoms with van der Waals surface area (Å²) in [5.41, 5.74) is 1.64. The number of hydrogen-bond acceptors (Lipinski definition) is 2. The van der Waals surface area contributed by atoms with Crippen LogP contribution in [0.15, 0.2) is 48.5 Å². The molecule has 0 spiro atoms. The van der Waals surface area contributed by atoms with E-state index in [0.29, 0.717) is 22.2 Å². The number of hydrogen-bond donors (Lipinski definition) is 1. The second kappa shape index (κ2) is 10.5. The number of amides is 2. The molecule has 1 N–H and O–H groups in total. The first-order valence-electron chi connectivity index (χ1n) is 9.39. The van der Waals surface area contributed by atoms with Crippen LogP contribution >= 0.6 is 23.2 Å². The highest BCUT2D eigenvalue weighted by Gasteiger charge is 2.27. The van der Waals surface area contributed by atoms with Crippen molar-refractivity contribution in [2.75, 3.05) is 0 Å². The zero-order valence-electron chi connectivity index (χ0n) is 16.4. The highest BCUT2D eigenvalue weighted by molar-refractivity contribution is 6.35. The van der Waals surface area contributed by atoms with Gasteiger partial charge in [-0.1, -0.05) is 66.5 Å². The topological polar surface area (TPSA) is 49.4 Å². The standard InChI is InChI=1S/C22H26Cl2N2O2/c1-4-15(2)25-22(28)16(3)26(14-17-8-6-5-7-9-17)21(27)12-18-10-11-19(23)13-20(18)24/h5-11,13,15-16H,4,12,14H2,1-3H3,(H,25,28)/t15-,16-/m1/s1. The van der Waals surface area contributed by atoms with E-state index in [2.05, 4.69) is 5.32 Å². The molecular weight excluding hydrogens is 395 g/mol. The Morgan fingerprint density at radius 2 is 1.75 bits per heavy atom. The average molecular weight is 421 g/mol. The van der Waals surface area contributed by atoms with Gasteiger partial charge in [0.15, 0.2) is 0 Å². The van der Waals surface area contributed by atoms with Gasteiger partial charge in [-0.05, 0) is 43.5 Å². The van der Waals surface area contributed by atoms with E-state index in [-0.39, 0.29) is 24.3 Å². The van der Waals surface area contributed by atoms with Crippen molar-refractivity contribution >= 4 is 35.0 Å². The van der Waals surface area contributed by atoms with Crippen LogP contribution in [0, 0.1) is 0 Å². The molecule has 28 heavy (non-hydrogen) atoms. The molecule has 6 heteroatoms. The number of benzene rings is 2. The van der Waals surface area contributed by atoms with Crippen molar-refractivity contribution in [3.63, 3.8) is 0 Å². The summed E-state index contributed by atoms with van der Waals surface area (Å²) in [5.74, 6) is -0.333. The minimum atomic E-state index is -0.604. The Hall–Kier alpha value is -2.04. The van der Waals surface area contributed by atoms with Gasteiger partial charge in [-0.2, -0.15) is 0 Å². The summed E-state index contributed by atoms with van der Waals surface area (Å²) in [6.07, 6.45) is 0.926. The maximum atomic E-state index is 13.1. The normalized spacial score (nSPS) is 12.9. The van der Waals surface area contributed by atoms with Crippen molar-refractivity contribution < 1.29 is 9.59 Å². The van der Waals surface area contributed by atoms with Crippen LogP contribution < -0.4 is 5.32 Å². The molecule has 0 heterocycles. The lowest BCUT2D eigenvalue weighted by molar-refractivity contribution is -0.140. The molecule has 2 aromatic carbocycles. The third-order valence-corrected chi connectivity index (χ3v) is 5.31. The van der Waals surface area contributed by atoms with Crippen molar-refractivity contribution in [1.82, 2.24) is 10.2 Å². The van der Waals surface area contributed by atoms with Crippen molar-refractivity contribution in [3.8, 4) is 0 Å². The zero-order valence-corrected chi connectivity index (χ0v) is 17.9. The van der Waals surface area contributed by atoms with Gasteiger partial charge in [0.1, 0.15) is 6.04 Å². The summed E-state index contributed by atoms with van der Waals surface area (Å²) in [7, 11) is 0. The lowest BCUT2D eigenvalue weighted by Gasteiger charge is -2.30. The van der Waals surface area contributed by atoms with Crippen LogP contribution in [0.5, 0.6) is 0 Å². The summed E-state index contributed by atoms with van der Waals surface area (Å²) in [6.45, 7) is 6.05. The van der Waals surface area contributed by atoms with Gasteiger partial charge >= 0.3 is 0 Å². The van der Waals surface area contributed by atoms with Crippen LogP contribution in [-0.4, -0.2) is 28.8 Å². The van der Waals surface area contributed by atoms with Crippen LogP contribution in [0.1, 0.15) is 38.3 Å². The third kappa shape index (κ3) is 6.25.